The van der Waals surface area contributed by atoms with E-state index in [2.05, 4.69) is 10.2 Å². The van der Waals surface area contributed by atoms with Gasteiger partial charge >= 0.3 is 0 Å². The normalized spacial score (nSPS) is 26.1. The summed E-state index contributed by atoms with van der Waals surface area (Å²) in [5.74, 6) is 0.371. The van der Waals surface area contributed by atoms with E-state index in [-0.39, 0.29) is 23.5 Å². The third-order valence-corrected chi connectivity index (χ3v) is 5.92. The number of morpholine rings is 1. The molecule has 7 nitrogen and oxygen atoms in total. The van der Waals surface area contributed by atoms with E-state index in [9.17, 15) is 9.59 Å². The van der Waals surface area contributed by atoms with E-state index in [0.717, 1.165) is 18.4 Å². The molecule has 1 aromatic rings. The predicted octanol–water partition coefficient (Wildman–Crippen LogP) is 1.17. The Balaban J connectivity index is 1.31. The van der Waals surface area contributed by atoms with Crippen LogP contribution in [0.4, 0.5) is 0 Å². The third-order valence-electron chi connectivity index (χ3n) is 5.92. The molecule has 1 spiro atoms. The van der Waals surface area contributed by atoms with Crippen LogP contribution in [0.15, 0.2) is 16.7 Å². The lowest BCUT2D eigenvalue weighted by Gasteiger charge is -2.54. The Hall–Kier alpha value is -1.86. The number of carbonyl (C=O) groups is 2. The first-order valence-electron chi connectivity index (χ1n) is 9.45. The predicted molar refractivity (Wildman–Crippen MR) is 94.8 cm³/mol. The van der Waals surface area contributed by atoms with Crippen molar-refractivity contribution in [2.75, 3.05) is 33.3 Å². The average Bonchev–Trinajstić information content (AvgIpc) is 3.23. The molecule has 3 fully saturated rings. The molecular formula is C19H27N3O4. The number of hydrogen-bond acceptors (Lipinski definition) is 5. The smallest absolute Gasteiger partial charge is 0.290 e. The van der Waals surface area contributed by atoms with E-state index in [0.29, 0.717) is 38.0 Å². The van der Waals surface area contributed by atoms with Crippen molar-refractivity contribution in [3.05, 3.63) is 23.7 Å². The maximum Gasteiger partial charge on any atom is 0.290 e. The highest BCUT2D eigenvalue weighted by Crippen LogP contribution is 2.32. The van der Waals surface area contributed by atoms with Crippen molar-refractivity contribution in [3.8, 4) is 0 Å². The van der Waals surface area contributed by atoms with Crippen molar-refractivity contribution in [1.29, 1.82) is 0 Å². The van der Waals surface area contributed by atoms with Crippen LogP contribution in [0.2, 0.25) is 0 Å². The molecule has 142 valence electrons. The van der Waals surface area contributed by atoms with E-state index >= 15 is 0 Å². The second-order valence-electron chi connectivity index (χ2n) is 8.01. The van der Waals surface area contributed by atoms with Gasteiger partial charge < -0.3 is 19.4 Å². The van der Waals surface area contributed by atoms with Gasteiger partial charge in [-0.25, -0.2) is 0 Å². The molecule has 3 aliphatic rings. The Kier molecular flexibility index (Phi) is 4.52. The van der Waals surface area contributed by atoms with Gasteiger partial charge in [0.15, 0.2) is 5.76 Å². The summed E-state index contributed by atoms with van der Waals surface area (Å²) in [6, 6.07) is 1.86. The summed E-state index contributed by atoms with van der Waals surface area (Å²) in [4.78, 5) is 28.8. The van der Waals surface area contributed by atoms with Crippen LogP contribution < -0.4 is 5.32 Å². The third kappa shape index (κ3) is 3.14. The van der Waals surface area contributed by atoms with E-state index < -0.39 is 0 Å². The molecule has 0 aromatic carbocycles. The van der Waals surface area contributed by atoms with Crippen LogP contribution in [-0.2, 0) is 9.53 Å². The monoisotopic (exact) mass is 361 g/mol. The standard InChI is InChI=1S/C19H27N3O4/c1-13-7-8-25-16(13)18(24)22-11-19(12-22)10-21(2)15(9-26-19)17(23)20-14-5-3-4-6-14/h7-8,14-15H,3-6,9-12H2,1-2H3,(H,20,23). The zero-order valence-electron chi connectivity index (χ0n) is 15.5. The fourth-order valence-corrected chi connectivity index (χ4v) is 4.36. The van der Waals surface area contributed by atoms with Gasteiger partial charge in [0.1, 0.15) is 11.6 Å². The van der Waals surface area contributed by atoms with Crippen LogP contribution in [0.1, 0.15) is 41.8 Å². The summed E-state index contributed by atoms with van der Waals surface area (Å²) in [6.45, 7) is 3.96. The highest BCUT2D eigenvalue weighted by molar-refractivity contribution is 5.93. The SMILES string of the molecule is Cc1ccoc1C(=O)N1CC2(C1)CN(C)C(C(=O)NC1CCCC1)CO2. The van der Waals surface area contributed by atoms with E-state index in [1.807, 2.05) is 14.0 Å². The van der Waals surface area contributed by atoms with Gasteiger partial charge in [-0.05, 0) is 32.9 Å². The summed E-state index contributed by atoms with van der Waals surface area (Å²) in [5.41, 5.74) is 0.482. The van der Waals surface area contributed by atoms with Gasteiger partial charge in [0.25, 0.3) is 5.91 Å². The fraction of sp³-hybridized carbons (Fsp3) is 0.684. The molecule has 1 aliphatic carbocycles. The molecule has 1 atom stereocenters. The Bertz CT molecular complexity index is 689. The molecule has 3 heterocycles. The highest BCUT2D eigenvalue weighted by Gasteiger charge is 2.51. The molecule has 1 unspecified atom stereocenters. The lowest BCUT2D eigenvalue weighted by molar-refractivity contribution is -0.187. The first-order valence-corrected chi connectivity index (χ1v) is 9.45. The molecule has 1 aromatic heterocycles. The molecular weight excluding hydrogens is 334 g/mol. The quantitative estimate of drug-likeness (QED) is 0.875. The van der Waals surface area contributed by atoms with Gasteiger partial charge in [-0.2, -0.15) is 0 Å². The number of likely N-dealkylation sites (N-methyl/N-ethyl adjacent to an activating group) is 1. The van der Waals surface area contributed by atoms with Gasteiger partial charge in [-0.1, -0.05) is 12.8 Å². The minimum atomic E-state index is -0.366. The van der Waals surface area contributed by atoms with E-state index in [1.165, 1.54) is 19.1 Å². The summed E-state index contributed by atoms with van der Waals surface area (Å²) in [7, 11) is 1.96. The minimum Gasteiger partial charge on any atom is -0.459 e. The summed E-state index contributed by atoms with van der Waals surface area (Å²) < 4.78 is 11.4. The molecule has 0 radical (unpaired) electrons. The largest absolute Gasteiger partial charge is 0.459 e. The number of furan rings is 1. The molecule has 0 bridgehead atoms. The van der Waals surface area contributed by atoms with Crippen molar-refractivity contribution < 1.29 is 18.7 Å². The van der Waals surface area contributed by atoms with Crippen LogP contribution in [0.3, 0.4) is 0 Å². The van der Waals surface area contributed by atoms with Crippen LogP contribution in [0.5, 0.6) is 0 Å². The van der Waals surface area contributed by atoms with Crippen LogP contribution in [-0.4, -0.2) is 72.6 Å². The zero-order chi connectivity index (χ0) is 18.3. The molecule has 4 rings (SSSR count). The number of rotatable bonds is 3. The fourth-order valence-electron chi connectivity index (χ4n) is 4.36. The van der Waals surface area contributed by atoms with Gasteiger partial charge in [0.05, 0.1) is 26.0 Å². The summed E-state index contributed by atoms with van der Waals surface area (Å²) >= 11 is 0. The lowest BCUT2D eigenvalue weighted by Crippen LogP contribution is -2.73. The summed E-state index contributed by atoms with van der Waals surface area (Å²) in [5, 5.41) is 3.16. The Morgan fingerprint density at radius 2 is 1.96 bits per heavy atom. The molecule has 1 saturated carbocycles. The molecule has 2 amide bonds. The van der Waals surface area contributed by atoms with Crippen molar-refractivity contribution in [1.82, 2.24) is 15.1 Å². The first kappa shape index (κ1) is 17.5. The number of aryl methyl sites for hydroxylation is 1. The first-order chi connectivity index (χ1) is 12.5. The second-order valence-corrected chi connectivity index (χ2v) is 8.01. The maximum absolute atomic E-state index is 12.5. The minimum absolute atomic E-state index is 0.0627. The van der Waals surface area contributed by atoms with Crippen LogP contribution >= 0.6 is 0 Å². The van der Waals surface area contributed by atoms with E-state index in [1.54, 1.807) is 11.0 Å². The maximum atomic E-state index is 12.5. The number of ether oxygens (including phenoxy) is 1. The van der Waals surface area contributed by atoms with Crippen LogP contribution in [0, 0.1) is 6.92 Å². The van der Waals surface area contributed by atoms with Crippen molar-refractivity contribution in [2.24, 2.45) is 0 Å². The lowest BCUT2D eigenvalue weighted by atomic mass is 9.90. The number of hydrogen-bond donors (Lipinski definition) is 1. The van der Waals surface area contributed by atoms with E-state index in [4.69, 9.17) is 9.15 Å². The van der Waals surface area contributed by atoms with Gasteiger partial charge in [0.2, 0.25) is 5.91 Å². The summed E-state index contributed by atoms with van der Waals surface area (Å²) in [6.07, 6.45) is 6.09. The van der Waals surface area contributed by atoms with Crippen molar-refractivity contribution in [3.63, 3.8) is 0 Å². The van der Waals surface area contributed by atoms with Gasteiger partial charge in [-0.3, -0.25) is 14.5 Å². The number of amides is 2. The molecule has 2 saturated heterocycles. The van der Waals surface area contributed by atoms with Gasteiger partial charge in [-0.15, -0.1) is 0 Å². The molecule has 2 aliphatic heterocycles. The highest BCUT2D eigenvalue weighted by atomic mass is 16.5. The Labute approximate surface area is 153 Å². The topological polar surface area (TPSA) is 75.0 Å². The molecule has 7 heteroatoms. The Morgan fingerprint density at radius 3 is 2.58 bits per heavy atom. The van der Waals surface area contributed by atoms with Crippen molar-refractivity contribution >= 4 is 11.8 Å². The molecule has 1 N–H and O–H groups in total. The second kappa shape index (κ2) is 6.70. The number of carbonyl (C=O) groups excluding carboxylic acids is 2. The number of nitrogens with zero attached hydrogens (tertiary/aromatic N) is 2. The van der Waals surface area contributed by atoms with Crippen molar-refractivity contribution in [2.45, 2.75) is 50.3 Å². The zero-order valence-corrected chi connectivity index (χ0v) is 15.5. The molecule has 26 heavy (non-hydrogen) atoms. The number of likely N-dealkylation sites (tertiary alicyclic amines) is 1. The number of nitrogens with one attached hydrogen (secondary N) is 1. The Morgan fingerprint density at radius 1 is 1.23 bits per heavy atom. The van der Waals surface area contributed by atoms with Gasteiger partial charge in [0, 0.05) is 18.2 Å². The average molecular weight is 361 g/mol. The van der Waals surface area contributed by atoms with Crippen LogP contribution in [0.25, 0.3) is 0 Å².